The highest BCUT2D eigenvalue weighted by Gasteiger charge is 2.30. The van der Waals surface area contributed by atoms with E-state index in [0.29, 0.717) is 0 Å². The van der Waals surface area contributed by atoms with Crippen LogP contribution in [0.5, 0.6) is 0 Å². The van der Waals surface area contributed by atoms with E-state index in [-0.39, 0.29) is 6.04 Å². The first-order valence-electron chi connectivity index (χ1n) is 4.79. The van der Waals surface area contributed by atoms with Gasteiger partial charge in [0.2, 0.25) is 0 Å². The molecular weight excluding hydrogens is 182 g/mol. The van der Waals surface area contributed by atoms with E-state index in [1.807, 2.05) is 33.8 Å². The maximum Gasteiger partial charge on any atom is 0.444 e. The minimum atomic E-state index is -0.485. The van der Waals surface area contributed by atoms with Crippen molar-refractivity contribution in [1.29, 1.82) is 0 Å². The molecule has 4 heteroatoms. The van der Waals surface area contributed by atoms with E-state index >= 15 is 0 Å². The molecule has 80 valence electrons. The molecule has 1 aliphatic heterocycles. The highest BCUT2D eigenvalue weighted by Crippen LogP contribution is 2.18. The highest BCUT2D eigenvalue weighted by atomic mass is 16.7. The van der Waals surface area contributed by atoms with Crippen LogP contribution in [0.25, 0.3) is 0 Å². The van der Waals surface area contributed by atoms with Crippen molar-refractivity contribution in [3.8, 4) is 0 Å². The molecule has 0 aromatic carbocycles. The van der Waals surface area contributed by atoms with Crippen LogP contribution in [-0.4, -0.2) is 22.8 Å². The third-order valence-electron chi connectivity index (χ3n) is 1.77. The number of carbonyl (C=O) groups is 1. The summed E-state index contributed by atoms with van der Waals surface area (Å²) in [6.07, 6.45) is 3.73. The molecule has 0 aromatic rings. The van der Waals surface area contributed by atoms with E-state index in [0.717, 1.165) is 6.42 Å². The van der Waals surface area contributed by atoms with Crippen molar-refractivity contribution in [3.05, 3.63) is 12.3 Å². The topological polar surface area (TPSA) is 38.8 Å². The molecule has 1 aliphatic rings. The molecule has 0 fully saturated rings. The summed E-state index contributed by atoms with van der Waals surface area (Å²) in [5.41, 5.74) is -0.485. The largest absolute Gasteiger partial charge is 0.444 e. The number of hydrogen-bond acceptors (Lipinski definition) is 3. The van der Waals surface area contributed by atoms with Crippen molar-refractivity contribution in [3.63, 3.8) is 0 Å². The molecule has 1 rings (SSSR count). The molecule has 4 nitrogen and oxygen atoms in total. The Morgan fingerprint density at radius 3 is 2.71 bits per heavy atom. The molecular formula is C10H17NO3. The molecule has 0 bridgehead atoms. The molecule has 0 N–H and O–H groups in total. The molecule has 0 saturated heterocycles. The van der Waals surface area contributed by atoms with Gasteiger partial charge in [-0.25, -0.2) is 4.79 Å². The van der Waals surface area contributed by atoms with Gasteiger partial charge in [0.15, 0.2) is 0 Å². The summed E-state index contributed by atoms with van der Waals surface area (Å²) < 4.78 is 5.18. The van der Waals surface area contributed by atoms with Gasteiger partial charge in [-0.2, -0.15) is 0 Å². The molecule has 1 unspecified atom stereocenters. The number of hydrogen-bond donors (Lipinski definition) is 0. The van der Waals surface area contributed by atoms with Crippen LogP contribution in [0.3, 0.4) is 0 Å². The first-order valence-corrected chi connectivity index (χ1v) is 4.79. The minimum Gasteiger partial charge on any atom is -0.442 e. The van der Waals surface area contributed by atoms with E-state index < -0.39 is 11.7 Å². The summed E-state index contributed by atoms with van der Waals surface area (Å²) in [5.74, 6) is 0. The Morgan fingerprint density at radius 2 is 2.21 bits per heavy atom. The van der Waals surface area contributed by atoms with Crippen LogP contribution in [0, 0.1) is 0 Å². The molecule has 1 amide bonds. The van der Waals surface area contributed by atoms with Crippen molar-refractivity contribution in [1.82, 2.24) is 5.06 Å². The third-order valence-corrected chi connectivity index (χ3v) is 1.77. The second-order valence-electron chi connectivity index (χ2n) is 4.22. The minimum absolute atomic E-state index is 0.00940. The fraction of sp³-hybridized carbons (Fsp3) is 0.700. The van der Waals surface area contributed by atoms with Crippen LogP contribution < -0.4 is 0 Å². The van der Waals surface area contributed by atoms with Gasteiger partial charge in [-0.15, -0.1) is 5.06 Å². The molecule has 1 atom stereocenters. The predicted octanol–water partition coefficient (Wildman–Crippen LogP) is 2.46. The Balaban J connectivity index is 2.54. The van der Waals surface area contributed by atoms with Crippen LogP contribution in [0.4, 0.5) is 4.79 Å². The Kier molecular flexibility index (Phi) is 3.03. The number of amides is 1. The Hall–Kier alpha value is -1.19. The summed E-state index contributed by atoms with van der Waals surface area (Å²) in [5, 5.41) is 1.26. The Labute approximate surface area is 84.4 Å². The van der Waals surface area contributed by atoms with Crippen molar-refractivity contribution >= 4 is 6.09 Å². The quantitative estimate of drug-likeness (QED) is 0.651. The lowest BCUT2D eigenvalue weighted by molar-refractivity contribution is -0.103. The lowest BCUT2D eigenvalue weighted by Gasteiger charge is -2.26. The molecule has 14 heavy (non-hydrogen) atoms. The van der Waals surface area contributed by atoms with Gasteiger partial charge < -0.3 is 9.57 Å². The van der Waals surface area contributed by atoms with Crippen LogP contribution in [-0.2, 0) is 9.57 Å². The number of nitrogens with zero attached hydrogens (tertiary/aromatic N) is 1. The average Bonchev–Trinajstić information content (AvgIpc) is 2.47. The van der Waals surface area contributed by atoms with Crippen molar-refractivity contribution in [2.24, 2.45) is 0 Å². The van der Waals surface area contributed by atoms with Crippen LogP contribution >= 0.6 is 0 Å². The van der Waals surface area contributed by atoms with Crippen LogP contribution in [0.1, 0.15) is 34.1 Å². The van der Waals surface area contributed by atoms with Gasteiger partial charge in [0.05, 0.1) is 6.04 Å². The van der Waals surface area contributed by atoms with E-state index in [1.165, 1.54) is 11.3 Å². The second-order valence-corrected chi connectivity index (χ2v) is 4.22. The maximum absolute atomic E-state index is 11.6. The van der Waals surface area contributed by atoms with E-state index in [1.54, 1.807) is 0 Å². The molecule has 0 radical (unpaired) electrons. The number of ether oxygens (including phenoxy) is 1. The molecule has 1 heterocycles. The number of carbonyl (C=O) groups excluding carboxylic acids is 1. The monoisotopic (exact) mass is 199 g/mol. The van der Waals surface area contributed by atoms with Crippen LogP contribution in [0.2, 0.25) is 0 Å². The van der Waals surface area contributed by atoms with E-state index in [2.05, 4.69) is 0 Å². The lowest BCUT2D eigenvalue weighted by Crippen LogP contribution is -2.39. The SMILES string of the molecule is CCC1C=CON1C(=O)OC(C)(C)C. The van der Waals surface area contributed by atoms with E-state index in [4.69, 9.17) is 9.57 Å². The fourth-order valence-electron chi connectivity index (χ4n) is 1.13. The fourth-order valence-corrected chi connectivity index (χ4v) is 1.13. The van der Waals surface area contributed by atoms with Gasteiger partial charge in [0.25, 0.3) is 0 Å². The standard InChI is InChI=1S/C10H17NO3/c1-5-8-6-7-13-11(8)9(12)14-10(2,3)4/h6-8H,5H2,1-4H3. The summed E-state index contributed by atoms with van der Waals surface area (Å²) in [4.78, 5) is 16.6. The molecule has 0 saturated carbocycles. The van der Waals surface area contributed by atoms with Crippen molar-refractivity contribution in [2.45, 2.75) is 45.8 Å². The van der Waals surface area contributed by atoms with Gasteiger partial charge in [-0.05, 0) is 33.3 Å². The first kappa shape index (κ1) is 10.9. The Bertz CT molecular complexity index is 242. The maximum atomic E-state index is 11.6. The van der Waals surface area contributed by atoms with Crippen molar-refractivity contribution in [2.75, 3.05) is 0 Å². The molecule has 0 spiro atoms. The lowest BCUT2D eigenvalue weighted by atomic mass is 10.2. The van der Waals surface area contributed by atoms with Crippen LogP contribution in [0.15, 0.2) is 12.3 Å². The second kappa shape index (κ2) is 3.90. The molecule has 0 aliphatic carbocycles. The van der Waals surface area contributed by atoms with Gasteiger partial charge in [0.1, 0.15) is 11.9 Å². The first-order chi connectivity index (χ1) is 6.44. The zero-order valence-corrected chi connectivity index (χ0v) is 9.11. The summed E-state index contributed by atoms with van der Waals surface area (Å²) in [6.45, 7) is 7.47. The van der Waals surface area contributed by atoms with Crippen molar-refractivity contribution < 1.29 is 14.4 Å². The van der Waals surface area contributed by atoms with Gasteiger partial charge in [0, 0.05) is 0 Å². The summed E-state index contributed by atoms with van der Waals surface area (Å²) >= 11 is 0. The predicted molar refractivity (Wildman–Crippen MR) is 52.4 cm³/mol. The average molecular weight is 199 g/mol. The molecule has 0 aromatic heterocycles. The zero-order valence-electron chi connectivity index (χ0n) is 9.11. The van der Waals surface area contributed by atoms with Gasteiger partial charge >= 0.3 is 6.09 Å². The Morgan fingerprint density at radius 1 is 1.57 bits per heavy atom. The zero-order chi connectivity index (χ0) is 10.8. The van der Waals surface area contributed by atoms with Gasteiger partial charge in [-0.3, -0.25) is 0 Å². The van der Waals surface area contributed by atoms with Gasteiger partial charge in [-0.1, -0.05) is 6.92 Å². The smallest absolute Gasteiger partial charge is 0.442 e. The van der Waals surface area contributed by atoms with E-state index in [9.17, 15) is 4.79 Å². The summed E-state index contributed by atoms with van der Waals surface area (Å²) in [7, 11) is 0. The number of hydroxylamine groups is 2. The third kappa shape index (κ3) is 2.65. The number of rotatable bonds is 1. The summed E-state index contributed by atoms with van der Waals surface area (Å²) in [6, 6.07) is -0.00940. The normalized spacial score (nSPS) is 20.9. The highest BCUT2D eigenvalue weighted by molar-refractivity contribution is 5.68.